The van der Waals surface area contributed by atoms with Crippen molar-refractivity contribution in [2.75, 3.05) is 17.2 Å². The minimum absolute atomic E-state index is 0.0778. The topological polar surface area (TPSA) is 50.3 Å². The van der Waals surface area contributed by atoms with Crippen molar-refractivity contribution < 1.29 is 21.6 Å². The van der Waals surface area contributed by atoms with Crippen LogP contribution in [0.4, 0.5) is 19.0 Å². The average Bonchev–Trinajstić information content (AvgIpc) is 2.83. The van der Waals surface area contributed by atoms with Crippen molar-refractivity contribution in [2.24, 2.45) is 0 Å². The van der Waals surface area contributed by atoms with Crippen molar-refractivity contribution in [1.82, 2.24) is 4.98 Å². The summed E-state index contributed by atoms with van der Waals surface area (Å²) >= 11 is 0. The molecule has 19 heavy (non-hydrogen) atoms. The van der Waals surface area contributed by atoms with Gasteiger partial charge in [0.25, 0.3) is 0 Å². The van der Waals surface area contributed by atoms with Gasteiger partial charge in [-0.2, -0.15) is 13.2 Å². The van der Waals surface area contributed by atoms with Crippen LogP contribution in [0.15, 0.2) is 18.3 Å². The van der Waals surface area contributed by atoms with Crippen molar-refractivity contribution in [1.29, 1.82) is 0 Å². The highest BCUT2D eigenvalue weighted by molar-refractivity contribution is 7.92. The number of alkyl halides is 3. The summed E-state index contributed by atoms with van der Waals surface area (Å²) in [7, 11) is -3.13. The van der Waals surface area contributed by atoms with Crippen molar-refractivity contribution in [2.45, 2.75) is 23.9 Å². The number of halogens is 3. The fourth-order valence-electron chi connectivity index (χ4n) is 2.80. The van der Waals surface area contributed by atoms with Gasteiger partial charge in [-0.15, -0.1) is 0 Å². The van der Waals surface area contributed by atoms with Crippen LogP contribution in [0.2, 0.25) is 0 Å². The normalized spacial score (nSPS) is 28.9. The van der Waals surface area contributed by atoms with Crippen LogP contribution in [0.3, 0.4) is 0 Å². The molecule has 0 aromatic carbocycles. The summed E-state index contributed by atoms with van der Waals surface area (Å²) in [5.41, 5.74) is -0.806. The quantitative estimate of drug-likeness (QED) is 0.786. The zero-order valence-electron chi connectivity index (χ0n) is 9.76. The van der Waals surface area contributed by atoms with Gasteiger partial charge in [0.15, 0.2) is 9.84 Å². The van der Waals surface area contributed by atoms with E-state index in [1.807, 2.05) is 0 Å². The van der Waals surface area contributed by atoms with Crippen LogP contribution in [0, 0.1) is 0 Å². The highest BCUT2D eigenvalue weighted by Crippen LogP contribution is 2.41. The molecule has 2 unspecified atom stereocenters. The predicted octanol–water partition coefficient (Wildman–Crippen LogP) is 1.48. The van der Waals surface area contributed by atoms with Gasteiger partial charge in [0.1, 0.15) is 5.82 Å². The highest BCUT2D eigenvalue weighted by Gasteiger charge is 2.50. The summed E-state index contributed by atoms with van der Waals surface area (Å²) in [5.74, 6) is -0.233. The minimum atomic E-state index is -4.48. The van der Waals surface area contributed by atoms with Gasteiger partial charge in [-0.1, -0.05) is 0 Å². The Morgan fingerprint density at radius 3 is 2.63 bits per heavy atom. The lowest BCUT2D eigenvalue weighted by molar-refractivity contribution is -0.137. The second kappa shape index (κ2) is 3.84. The first-order valence-corrected chi connectivity index (χ1v) is 7.51. The lowest BCUT2D eigenvalue weighted by Crippen LogP contribution is -2.41. The van der Waals surface area contributed by atoms with Gasteiger partial charge in [0, 0.05) is 18.8 Å². The summed E-state index contributed by atoms with van der Waals surface area (Å²) in [4.78, 5) is 5.29. The molecule has 0 spiro atoms. The Labute approximate surface area is 108 Å². The van der Waals surface area contributed by atoms with Gasteiger partial charge < -0.3 is 4.90 Å². The third-order valence-corrected chi connectivity index (χ3v) is 5.88. The van der Waals surface area contributed by atoms with Crippen molar-refractivity contribution in [3.8, 4) is 0 Å². The van der Waals surface area contributed by atoms with E-state index >= 15 is 0 Å². The number of sulfone groups is 1. The largest absolute Gasteiger partial charge is 0.419 e. The third kappa shape index (κ3) is 1.98. The van der Waals surface area contributed by atoms with Crippen LogP contribution < -0.4 is 4.90 Å². The second-order valence-corrected chi connectivity index (χ2v) is 7.19. The number of pyridine rings is 1. The molecule has 1 aromatic rings. The van der Waals surface area contributed by atoms with E-state index in [1.54, 1.807) is 0 Å². The number of aromatic nitrogens is 1. The molecule has 2 fully saturated rings. The first-order valence-electron chi connectivity index (χ1n) is 5.79. The first-order chi connectivity index (χ1) is 8.79. The number of hydrogen-bond acceptors (Lipinski definition) is 4. The number of fused-ring (bicyclic) bond motifs is 2. The fourth-order valence-corrected chi connectivity index (χ4v) is 4.83. The summed E-state index contributed by atoms with van der Waals surface area (Å²) in [6, 6.07) is 1.83. The summed E-state index contributed by atoms with van der Waals surface area (Å²) in [5, 5.41) is -0.555. The zero-order chi connectivity index (χ0) is 13.8. The summed E-state index contributed by atoms with van der Waals surface area (Å²) in [6.07, 6.45) is -2.79. The summed E-state index contributed by atoms with van der Waals surface area (Å²) < 4.78 is 62.0. The van der Waals surface area contributed by atoms with Crippen LogP contribution >= 0.6 is 0 Å². The Bertz CT molecular complexity index is 615. The van der Waals surface area contributed by atoms with E-state index in [0.29, 0.717) is 6.42 Å². The Morgan fingerprint density at radius 1 is 1.37 bits per heavy atom. The Hall–Kier alpha value is -1.31. The lowest BCUT2D eigenvalue weighted by Gasteiger charge is -2.29. The standard InChI is InChI=1S/C11H11F3N2O2S/c12-11(13,14)9-2-1-3-15-10(9)16-5-8-4-7(16)6-19(8,17)18/h1-3,7-8H,4-6H2. The second-order valence-electron chi connectivity index (χ2n) is 4.87. The van der Waals surface area contributed by atoms with E-state index in [1.165, 1.54) is 17.2 Å². The van der Waals surface area contributed by atoms with E-state index in [9.17, 15) is 21.6 Å². The average molecular weight is 292 g/mol. The van der Waals surface area contributed by atoms with E-state index in [4.69, 9.17) is 0 Å². The maximum atomic E-state index is 12.9. The number of hydrogen-bond donors (Lipinski definition) is 0. The van der Waals surface area contributed by atoms with Gasteiger partial charge in [-0.3, -0.25) is 0 Å². The molecule has 0 radical (unpaired) electrons. The molecule has 2 aliphatic heterocycles. The number of nitrogens with zero attached hydrogens (tertiary/aromatic N) is 2. The minimum Gasteiger partial charge on any atom is -0.351 e. The molecule has 3 heterocycles. The zero-order valence-corrected chi connectivity index (χ0v) is 10.6. The molecule has 2 atom stereocenters. The first kappa shape index (κ1) is 12.7. The number of anilines is 1. The highest BCUT2D eigenvalue weighted by atomic mass is 32.2. The monoisotopic (exact) mass is 292 g/mol. The van der Waals surface area contributed by atoms with Crippen molar-refractivity contribution in [3.63, 3.8) is 0 Å². The van der Waals surface area contributed by atoms with Crippen molar-refractivity contribution in [3.05, 3.63) is 23.9 Å². The van der Waals surface area contributed by atoms with Gasteiger partial charge >= 0.3 is 6.18 Å². The van der Waals surface area contributed by atoms with Crippen LogP contribution in [0.25, 0.3) is 0 Å². The van der Waals surface area contributed by atoms with Gasteiger partial charge in [0.05, 0.1) is 16.6 Å². The lowest BCUT2D eigenvalue weighted by atomic mass is 10.2. The van der Waals surface area contributed by atoms with Crippen LogP contribution in [-0.4, -0.2) is 37.0 Å². The molecule has 2 aliphatic rings. The van der Waals surface area contributed by atoms with Crippen molar-refractivity contribution >= 4 is 15.7 Å². The van der Waals surface area contributed by atoms with E-state index in [-0.39, 0.29) is 24.2 Å². The SMILES string of the molecule is O=S1(=O)CC2CC1CN2c1ncccc1C(F)(F)F. The Kier molecular flexibility index (Phi) is 2.57. The van der Waals surface area contributed by atoms with Gasteiger partial charge in [-0.25, -0.2) is 13.4 Å². The predicted molar refractivity (Wildman–Crippen MR) is 62.6 cm³/mol. The van der Waals surface area contributed by atoms with Gasteiger partial charge in [-0.05, 0) is 18.6 Å². The molecule has 0 amide bonds. The van der Waals surface area contributed by atoms with E-state index in [2.05, 4.69) is 4.98 Å². The number of rotatable bonds is 1. The molecular weight excluding hydrogens is 281 g/mol. The molecule has 4 nitrogen and oxygen atoms in total. The molecule has 2 saturated heterocycles. The maximum absolute atomic E-state index is 12.9. The molecule has 8 heteroatoms. The molecule has 0 N–H and O–H groups in total. The summed E-state index contributed by atoms with van der Waals surface area (Å²) in [6.45, 7) is 0.104. The smallest absolute Gasteiger partial charge is 0.351 e. The van der Waals surface area contributed by atoms with E-state index in [0.717, 1.165) is 6.07 Å². The van der Waals surface area contributed by atoms with E-state index < -0.39 is 26.8 Å². The molecule has 2 bridgehead atoms. The van der Waals surface area contributed by atoms with Crippen LogP contribution in [0.1, 0.15) is 12.0 Å². The molecule has 0 aliphatic carbocycles. The molecule has 3 rings (SSSR count). The molecular formula is C11H11F3N2O2S. The molecule has 104 valence electrons. The third-order valence-electron chi connectivity index (χ3n) is 3.67. The Balaban J connectivity index is 1.98. The van der Waals surface area contributed by atoms with Gasteiger partial charge in [0.2, 0.25) is 0 Å². The molecule has 0 saturated carbocycles. The molecule has 1 aromatic heterocycles. The van der Waals surface area contributed by atoms with Crippen LogP contribution in [-0.2, 0) is 16.0 Å². The van der Waals surface area contributed by atoms with Crippen LogP contribution in [0.5, 0.6) is 0 Å². The Morgan fingerprint density at radius 2 is 2.11 bits per heavy atom. The fraction of sp³-hybridized carbons (Fsp3) is 0.545. The maximum Gasteiger partial charge on any atom is 0.419 e.